The number of rotatable bonds is 1. The van der Waals surface area contributed by atoms with Crippen LogP contribution in [0.15, 0.2) is 24.3 Å². The molecule has 1 aromatic carbocycles. The van der Waals surface area contributed by atoms with Crippen LogP contribution in [0.3, 0.4) is 0 Å². The lowest BCUT2D eigenvalue weighted by Crippen LogP contribution is -2.43. The van der Waals surface area contributed by atoms with E-state index < -0.39 is 12.0 Å². The molecule has 14 heavy (non-hydrogen) atoms. The van der Waals surface area contributed by atoms with Gasteiger partial charge in [0.1, 0.15) is 6.04 Å². The number of aliphatic carboxylic acids is 1. The molecule has 1 aliphatic rings. The van der Waals surface area contributed by atoms with Crippen molar-refractivity contribution in [3.8, 4) is 0 Å². The summed E-state index contributed by atoms with van der Waals surface area (Å²) in [5.41, 5.74) is 2.36. The topological polar surface area (TPSA) is 49.3 Å². The Morgan fingerprint density at radius 3 is 2.93 bits per heavy atom. The van der Waals surface area contributed by atoms with E-state index in [2.05, 4.69) is 5.32 Å². The molecule has 74 valence electrons. The van der Waals surface area contributed by atoms with Gasteiger partial charge in [0.2, 0.25) is 0 Å². The lowest BCUT2D eigenvalue weighted by atomic mass is 9.86. The predicted octanol–water partition coefficient (Wildman–Crippen LogP) is 1.35. The summed E-state index contributed by atoms with van der Waals surface area (Å²) in [6, 6.07) is 7.53. The molecule has 0 bridgehead atoms. The van der Waals surface area contributed by atoms with Gasteiger partial charge in [-0.2, -0.15) is 0 Å². The molecule has 0 aromatic heterocycles. The van der Waals surface area contributed by atoms with Gasteiger partial charge in [0.25, 0.3) is 0 Å². The van der Waals surface area contributed by atoms with E-state index in [1.165, 1.54) is 5.56 Å². The molecular weight excluding hydrogens is 178 g/mol. The third-order valence-electron chi connectivity index (χ3n) is 2.82. The Bertz CT molecular complexity index is 362. The number of carbonyl (C=O) groups is 1. The highest BCUT2D eigenvalue weighted by Gasteiger charge is 2.30. The van der Waals surface area contributed by atoms with E-state index in [4.69, 9.17) is 5.11 Å². The van der Waals surface area contributed by atoms with E-state index in [1.54, 1.807) is 0 Å². The summed E-state index contributed by atoms with van der Waals surface area (Å²) in [7, 11) is 0. The molecule has 2 atom stereocenters. The van der Waals surface area contributed by atoms with E-state index in [1.807, 2.05) is 31.2 Å². The van der Waals surface area contributed by atoms with Crippen LogP contribution in [0.2, 0.25) is 0 Å². The molecule has 1 aliphatic heterocycles. The molecule has 0 saturated carbocycles. The van der Waals surface area contributed by atoms with E-state index in [-0.39, 0.29) is 5.92 Å². The minimum atomic E-state index is -0.771. The lowest BCUT2D eigenvalue weighted by Gasteiger charge is -2.29. The predicted molar refractivity (Wildman–Crippen MR) is 53.1 cm³/mol. The first-order valence-electron chi connectivity index (χ1n) is 4.74. The number of hydrogen-bond donors (Lipinski definition) is 2. The Morgan fingerprint density at radius 2 is 2.21 bits per heavy atom. The van der Waals surface area contributed by atoms with E-state index in [9.17, 15) is 4.79 Å². The third kappa shape index (κ3) is 1.40. The van der Waals surface area contributed by atoms with Gasteiger partial charge in [-0.15, -0.1) is 0 Å². The van der Waals surface area contributed by atoms with Crippen molar-refractivity contribution in [2.75, 3.05) is 0 Å². The average Bonchev–Trinajstić information content (AvgIpc) is 2.18. The monoisotopic (exact) mass is 191 g/mol. The first-order chi connectivity index (χ1) is 6.70. The van der Waals surface area contributed by atoms with Crippen molar-refractivity contribution in [3.63, 3.8) is 0 Å². The first-order valence-corrected chi connectivity index (χ1v) is 4.74. The number of benzene rings is 1. The summed E-state index contributed by atoms with van der Waals surface area (Å²) in [5, 5.41) is 12.0. The van der Waals surface area contributed by atoms with Crippen LogP contribution in [0.5, 0.6) is 0 Å². The van der Waals surface area contributed by atoms with Crippen LogP contribution < -0.4 is 5.32 Å². The standard InChI is InChI=1S/C11H13NO2/c1-7-9-5-3-2-4-8(9)6-12-10(7)11(13)14/h2-5,7,10,12H,6H2,1H3,(H,13,14)/t7-,10-/m0/s1. The van der Waals surface area contributed by atoms with Crippen molar-refractivity contribution in [1.29, 1.82) is 0 Å². The molecule has 3 nitrogen and oxygen atoms in total. The summed E-state index contributed by atoms with van der Waals surface area (Å²) in [6.45, 7) is 2.60. The fraction of sp³-hybridized carbons (Fsp3) is 0.364. The van der Waals surface area contributed by atoms with Crippen LogP contribution in [0.1, 0.15) is 24.0 Å². The van der Waals surface area contributed by atoms with Gasteiger partial charge in [-0.3, -0.25) is 10.1 Å². The zero-order valence-corrected chi connectivity index (χ0v) is 8.03. The average molecular weight is 191 g/mol. The molecule has 1 aromatic rings. The van der Waals surface area contributed by atoms with E-state index in [0.29, 0.717) is 6.54 Å². The number of hydrogen-bond acceptors (Lipinski definition) is 2. The summed E-state index contributed by atoms with van der Waals surface area (Å²) >= 11 is 0. The molecule has 0 fully saturated rings. The first kappa shape index (κ1) is 9.21. The summed E-state index contributed by atoms with van der Waals surface area (Å²) in [4.78, 5) is 10.9. The van der Waals surface area contributed by atoms with Crippen molar-refractivity contribution >= 4 is 5.97 Å². The highest BCUT2D eigenvalue weighted by molar-refractivity contribution is 5.75. The minimum absolute atomic E-state index is 0.0393. The smallest absolute Gasteiger partial charge is 0.321 e. The fourth-order valence-corrected chi connectivity index (χ4v) is 2.02. The minimum Gasteiger partial charge on any atom is -0.480 e. The summed E-state index contributed by atoms with van der Waals surface area (Å²) < 4.78 is 0. The maximum atomic E-state index is 10.9. The van der Waals surface area contributed by atoms with Gasteiger partial charge in [-0.25, -0.2) is 0 Å². The highest BCUT2D eigenvalue weighted by Crippen LogP contribution is 2.27. The van der Waals surface area contributed by atoms with Crippen molar-refractivity contribution in [2.24, 2.45) is 0 Å². The van der Waals surface area contributed by atoms with Crippen LogP contribution in [0.25, 0.3) is 0 Å². The second kappa shape index (κ2) is 3.42. The molecule has 2 N–H and O–H groups in total. The van der Waals surface area contributed by atoms with Gasteiger partial charge >= 0.3 is 5.97 Å². The lowest BCUT2D eigenvalue weighted by molar-refractivity contribution is -0.140. The third-order valence-corrected chi connectivity index (χ3v) is 2.82. The fourth-order valence-electron chi connectivity index (χ4n) is 2.02. The molecule has 0 spiro atoms. The molecular formula is C11H13NO2. The van der Waals surface area contributed by atoms with Gasteiger partial charge in [0.05, 0.1) is 0 Å². The number of carboxylic acid groups (broad SMARTS) is 1. The van der Waals surface area contributed by atoms with E-state index in [0.717, 1.165) is 5.56 Å². The summed E-state index contributed by atoms with van der Waals surface area (Å²) in [6.07, 6.45) is 0. The van der Waals surface area contributed by atoms with E-state index >= 15 is 0 Å². The zero-order chi connectivity index (χ0) is 10.1. The Kier molecular flexibility index (Phi) is 2.25. The largest absolute Gasteiger partial charge is 0.480 e. The number of fused-ring (bicyclic) bond motifs is 1. The zero-order valence-electron chi connectivity index (χ0n) is 8.03. The van der Waals surface area contributed by atoms with Crippen molar-refractivity contribution in [3.05, 3.63) is 35.4 Å². The van der Waals surface area contributed by atoms with Crippen molar-refractivity contribution < 1.29 is 9.90 Å². The van der Waals surface area contributed by atoms with Crippen LogP contribution in [-0.2, 0) is 11.3 Å². The Hall–Kier alpha value is -1.35. The van der Waals surface area contributed by atoms with Gasteiger partial charge < -0.3 is 5.11 Å². The van der Waals surface area contributed by atoms with Gasteiger partial charge in [0, 0.05) is 12.5 Å². The summed E-state index contributed by atoms with van der Waals surface area (Å²) in [5.74, 6) is -0.732. The number of carboxylic acids is 1. The van der Waals surface area contributed by atoms with Crippen molar-refractivity contribution in [2.45, 2.75) is 25.4 Å². The second-order valence-corrected chi connectivity index (χ2v) is 3.68. The van der Waals surface area contributed by atoms with Crippen LogP contribution in [0, 0.1) is 0 Å². The molecule has 0 radical (unpaired) electrons. The van der Waals surface area contributed by atoms with Gasteiger partial charge in [-0.05, 0) is 11.1 Å². The molecule has 0 amide bonds. The Morgan fingerprint density at radius 1 is 1.50 bits per heavy atom. The van der Waals surface area contributed by atoms with Crippen LogP contribution in [0.4, 0.5) is 0 Å². The SMILES string of the molecule is C[C@H]1c2ccccc2CN[C@@H]1C(=O)O. The molecule has 0 aliphatic carbocycles. The molecule has 0 saturated heterocycles. The Labute approximate surface area is 82.8 Å². The van der Waals surface area contributed by atoms with Gasteiger partial charge in [0.15, 0.2) is 0 Å². The van der Waals surface area contributed by atoms with Gasteiger partial charge in [-0.1, -0.05) is 31.2 Å². The van der Waals surface area contributed by atoms with Crippen LogP contribution >= 0.6 is 0 Å². The molecule has 2 rings (SSSR count). The van der Waals surface area contributed by atoms with Crippen LogP contribution in [-0.4, -0.2) is 17.1 Å². The molecule has 1 heterocycles. The highest BCUT2D eigenvalue weighted by atomic mass is 16.4. The maximum Gasteiger partial charge on any atom is 0.321 e. The quantitative estimate of drug-likeness (QED) is 0.704. The Balaban J connectivity index is 2.36. The number of nitrogens with one attached hydrogen (secondary N) is 1. The maximum absolute atomic E-state index is 10.9. The van der Waals surface area contributed by atoms with Crippen molar-refractivity contribution in [1.82, 2.24) is 5.32 Å². The molecule has 0 unspecified atom stereocenters. The second-order valence-electron chi connectivity index (χ2n) is 3.68. The molecule has 3 heteroatoms. The normalized spacial score (nSPS) is 25.5.